The Labute approximate surface area is 173 Å². The molecule has 1 unspecified atom stereocenters. The molecule has 0 aliphatic rings. The lowest BCUT2D eigenvalue weighted by Gasteiger charge is -2.16. The molecule has 4 aromatic rings. The van der Waals surface area contributed by atoms with Crippen LogP contribution in [0.15, 0.2) is 66.7 Å². The number of halogens is 1. The van der Waals surface area contributed by atoms with E-state index in [0.29, 0.717) is 22.8 Å². The fourth-order valence-corrected chi connectivity index (χ4v) is 3.70. The Balaban J connectivity index is 1.64. The first-order valence-corrected chi connectivity index (χ1v) is 9.74. The third kappa shape index (κ3) is 3.96. The van der Waals surface area contributed by atoms with Gasteiger partial charge in [-0.05, 0) is 42.3 Å². The second-order valence-electron chi connectivity index (χ2n) is 7.01. The number of nitrogens with one attached hydrogen (secondary N) is 2. The number of para-hydroxylation sites is 1. The first kappa shape index (κ1) is 19.0. The van der Waals surface area contributed by atoms with E-state index in [9.17, 15) is 4.79 Å². The Hall–Kier alpha value is -3.31. The lowest BCUT2D eigenvalue weighted by atomic mass is 9.98. The number of amides is 1. The Morgan fingerprint density at radius 3 is 2.66 bits per heavy atom. The lowest BCUT2D eigenvalue weighted by Crippen LogP contribution is -2.29. The average Bonchev–Trinajstić information content (AvgIpc) is 3.14. The van der Waals surface area contributed by atoms with Crippen LogP contribution in [0.3, 0.4) is 0 Å². The smallest absolute Gasteiger partial charge is 0.252 e. The zero-order valence-electron chi connectivity index (χ0n) is 15.9. The average molecular weight is 405 g/mol. The summed E-state index contributed by atoms with van der Waals surface area (Å²) >= 11 is 6.19. The van der Waals surface area contributed by atoms with Gasteiger partial charge in [-0.2, -0.15) is 0 Å². The van der Waals surface area contributed by atoms with E-state index < -0.39 is 0 Å². The molecule has 0 spiro atoms. The van der Waals surface area contributed by atoms with Crippen LogP contribution < -0.4 is 11.1 Å². The number of anilines is 1. The van der Waals surface area contributed by atoms with Crippen molar-refractivity contribution in [3.63, 3.8) is 0 Å². The monoisotopic (exact) mass is 404 g/mol. The standard InChI is InChI=1S/C23H21ClN4O/c1-14-6-5-9-20-21(14)28-22(27-20)18(15-7-3-2-4-8-15)13-26-23(29)17-11-10-16(25)12-19(17)24/h2-12,18H,13,25H2,1H3,(H,26,29)(H,27,28). The lowest BCUT2D eigenvalue weighted by molar-refractivity contribution is 0.0952. The number of fused-ring (bicyclic) bond motifs is 1. The SMILES string of the molecule is Cc1cccc2[nH]c(C(CNC(=O)c3ccc(N)cc3Cl)c3ccccc3)nc12. The van der Waals surface area contributed by atoms with Gasteiger partial charge in [0, 0.05) is 12.2 Å². The van der Waals surface area contributed by atoms with Gasteiger partial charge in [0.1, 0.15) is 5.82 Å². The van der Waals surface area contributed by atoms with E-state index in [1.807, 2.05) is 55.5 Å². The molecule has 0 fully saturated rings. The van der Waals surface area contributed by atoms with Crippen LogP contribution in [-0.4, -0.2) is 22.4 Å². The van der Waals surface area contributed by atoms with Crippen LogP contribution >= 0.6 is 11.6 Å². The molecular formula is C23H21ClN4O. The van der Waals surface area contributed by atoms with E-state index in [2.05, 4.69) is 10.3 Å². The van der Waals surface area contributed by atoms with Crippen molar-refractivity contribution in [2.75, 3.05) is 12.3 Å². The van der Waals surface area contributed by atoms with Gasteiger partial charge in [0.2, 0.25) is 0 Å². The molecule has 0 aliphatic carbocycles. The third-order valence-corrected chi connectivity index (χ3v) is 5.28. The van der Waals surface area contributed by atoms with Crippen molar-refractivity contribution in [3.8, 4) is 0 Å². The summed E-state index contributed by atoms with van der Waals surface area (Å²) in [5.41, 5.74) is 10.7. The van der Waals surface area contributed by atoms with Gasteiger partial charge < -0.3 is 16.0 Å². The van der Waals surface area contributed by atoms with Crippen molar-refractivity contribution in [1.29, 1.82) is 0 Å². The molecule has 1 heterocycles. The van der Waals surface area contributed by atoms with Crippen LogP contribution in [0.25, 0.3) is 11.0 Å². The molecule has 0 aliphatic heterocycles. The Morgan fingerprint density at radius 1 is 1.14 bits per heavy atom. The Kier molecular flexibility index (Phi) is 5.23. The predicted molar refractivity (Wildman–Crippen MR) is 117 cm³/mol. The highest BCUT2D eigenvalue weighted by Gasteiger charge is 2.20. The van der Waals surface area contributed by atoms with E-state index in [1.165, 1.54) is 0 Å². The molecule has 6 heteroatoms. The molecule has 0 saturated carbocycles. The van der Waals surface area contributed by atoms with Gasteiger partial charge in [0.25, 0.3) is 5.91 Å². The number of carbonyl (C=O) groups is 1. The fraction of sp³-hybridized carbons (Fsp3) is 0.130. The minimum absolute atomic E-state index is 0.125. The number of H-pyrrole nitrogens is 1. The summed E-state index contributed by atoms with van der Waals surface area (Å²) in [7, 11) is 0. The number of nitrogens with zero attached hydrogens (tertiary/aromatic N) is 1. The molecule has 3 aromatic carbocycles. The zero-order valence-corrected chi connectivity index (χ0v) is 16.7. The minimum atomic E-state index is -0.247. The van der Waals surface area contributed by atoms with Crippen LogP contribution in [0.5, 0.6) is 0 Å². The third-order valence-electron chi connectivity index (χ3n) is 4.97. The van der Waals surface area contributed by atoms with Gasteiger partial charge in [0.15, 0.2) is 0 Å². The second-order valence-corrected chi connectivity index (χ2v) is 7.41. The van der Waals surface area contributed by atoms with Crippen molar-refractivity contribution in [3.05, 3.63) is 94.3 Å². The maximum Gasteiger partial charge on any atom is 0.252 e. The van der Waals surface area contributed by atoms with Gasteiger partial charge in [-0.15, -0.1) is 0 Å². The number of aromatic amines is 1. The number of benzene rings is 3. The summed E-state index contributed by atoms with van der Waals surface area (Å²) in [6.45, 7) is 2.41. The van der Waals surface area contributed by atoms with Gasteiger partial charge in [-0.1, -0.05) is 54.1 Å². The minimum Gasteiger partial charge on any atom is -0.399 e. The molecule has 29 heavy (non-hydrogen) atoms. The van der Waals surface area contributed by atoms with E-state index in [4.69, 9.17) is 22.3 Å². The van der Waals surface area contributed by atoms with E-state index >= 15 is 0 Å². The van der Waals surface area contributed by atoms with Crippen LogP contribution in [0, 0.1) is 6.92 Å². The van der Waals surface area contributed by atoms with Crippen molar-refractivity contribution in [2.45, 2.75) is 12.8 Å². The number of nitrogen functional groups attached to an aromatic ring is 1. The number of aryl methyl sites for hydroxylation is 1. The number of rotatable bonds is 5. The number of imidazole rings is 1. The number of nitrogens with two attached hydrogens (primary N) is 1. The quantitative estimate of drug-likeness (QED) is 0.422. The predicted octanol–water partition coefficient (Wildman–Crippen LogP) is 4.67. The van der Waals surface area contributed by atoms with Crippen molar-refractivity contribution in [1.82, 2.24) is 15.3 Å². The normalized spacial score (nSPS) is 12.1. The van der Waals surface area contributed by atoms with Gasteiger partial charge in [0.05, 0.1) is 27.5 Å². The summed E-state index contributed by atoms with van der Waals surface area (Å²) in [6.07, 6.45) is 0. The molecule has 4 rings (SSSR count). The molecule has 1 aromatic heterocycles. The summed E-state index contributed by atoms with van der Waals surface area (Å²) in [5, 5.41) is 3.32. The molecule has 1 amide bonds. The van der Waals surface area contributed by atoms with Crippen LogP contribution in [0.1, 0.15) is 33.2 Å². The largest absolute Gasteiger partial charge is 0.399 e. The molecule has 1 atom stereocenters. The van der Waals surface area contributed by atoms with Gasteiger partial charge in [-0.3, -0.25) is 4.79 Å². The van der Waals surface area contributed by atoms with Crippen LogP contribution in [0.4, 0.5) is 5.69 Å². The maximum atomic E-state index is 12.7. The van der Waals surface area contributed by atoms with E-state index in [0.717, 1.165) is 28.0 Å². The first-order valence-electron chi connectivity index (χ1n) is 9.36. The summed E-state index contributed by atoms with van der Waals surface area (Å²) < 4.78 is 0. The number of carbonyl (C=O) groups excluding carboxylic acids is 1. The number of aromatic nitrogens is 2. The Morgan fingerprint density at radius 2 is 1.93 bits per heavy atom. The van der Waals surface area contributed by atoms with Gasteiger partial charge >= 0.3 is 0 Å². The number of hydrogen-bond donors (Lipinski definition) is 3. The summed E-state index contributed by atoms with van der Waals surface area (Å²) in [6, 6.07) is 20.9. The summed E-state index contributed by atoms with van der Waals surface area (Å²) in [4.78, 5) is 20.9. The van der Waals surface area contributed by atoms with Crippen molar-refractivity contribution in [2.24, 2.45) is 0 Å². The zero-order chi connectivity index (χ0) is 20.4. The highest BCUT2D eigenvalue weighted by atomic mass is 35.5. The second kappa shape index (κ2) is 7.97. The highest BCUT2D eigenvalue weighted by Crippen LogP contribution is 2.26. The number of hydrogen-bond acceptors (Lipinski definition) is 3. The molecule has 4 N–H and O–H groups in total. The van der Waals surface area contributed by atoms with E-state index in [-0.39, 0.29) is 11.8 Å². The first-order chi connectivity index (χ1) is 14.0. The van der Waals surface area contributed by atoms with Crippen molar-refractivity contribution < 1.29 is 4.79 Å². The summed E-state index contributed by atoms with van der Waals surface area (Å²) in [5.74, 6) is 0.437. The molecule has 5 nitrogen and oxygen atoms in total. The molecule has 0 radical (unpaired) electrons. The topological polar surface area (TPSA) is 83.8 Å². The molecule has 146 valence electrons. The van der Waals surface area contributed by atoms with Crippen LogP contribution in [0.2, 0.25) is 5.02 Å². The molecule has 0 saturated heterocycles. The maximum absolute atomic E-state index is 12.7. The van der Waals surface area contributed by atoms with Gasteiger partial charge in [-0.25, -0.2) is 4.98 Å². The highest BCUT2D eigenvalue weighted by molar-refractivity contribution is 6.34. The van der Waals surface area contributed by atoms with Crippen molar-refractivity contribution >= 4 is 34.2 Å². The van der Waals surface area contributed by atoms with Crippen LogP contribution in [-0.2, 0) is 0 Å². The Bertz CT molecular complexity index is 1170. The van der Waals surface area contributed by atoms with E-state index in [1.54, 1.807) is 18.2 Å². The molecule has 0 bridgehead atoms. The molecular weight excluding hydrogens is 384 g/mol. The fourth-order valence-electron chi connectivity index (χ4n) is 3.42.